The number of benzene rings is 1. The first-order valence-corrected chi connectivity index (χ1v) is 11.0. The first-order chi connectivity index (χ1) is 15.0. The van der Waals surface area contributed by atoms with Crippen LogP contribution in [-0.4, -0.2) is 50.0 Å². The van der Waals surface area contributed by atoms with E-state index in [0.29, 0.717) is 17.4 Å². The van der Waals surface area contributed by atoms with Gasteiger partial charge in [0.15, 0.2) is 11.5 Å². The third kappa shape index (κ3) is 4.40. The molecule has 0 aliphatic carbocycles. The minimum atomic E-state index is -0.486. The second-order valence-electron chi connectivity index (χ2n) is 7.35. The van der Waals surface area contributed by atoms with Crippen molar-refractivity contribution in [3.63, 3.8) is 0 Å². The molecule has 0 bridgehead atoms. The summed E-state index contributed by atoms with van der Waals surface area (Å²) in [6, 6.07) is 9.30. The van der Waals surface area contributed by atoms with Gasteiger partial charge in [-0.2, -0.15) is 0 Å². The lowest BCUT2D eigenvalue weighted by atomic mass is 10.2. The SMILES string of the molecule is Cn1c(=O)c2c(SCC(=O)NCC3CCCO3)nc(-c3ccccc3)nc2n(C)c1=O. The highest BCUT2D eigenvalue weighted by Crippen LogP contribution is 2.25. The maximum atomic E-state index is 12.9. The number of nitrogens with zero attached hydrogens (tertiary/aromatic N) is 4. The number of nitrogens with one attached hydrogen (secondary N) is 1. The van der Waals surface area contributed by atoms with E-state index in [1.807, 2.05) is 30.3 Å². The summed E-state index contributed by atoms with van der Waals surface area (Å²) in [6.07, 6.45) is 2.00. The molecule has 2 aromatic heterocycles. The second-order valence-corrected chi connectivity index (χ2v) is 8.31. The van der Waals surface area contributed by atoms with Gasteiger partial charge in [-0.1, -0.05) is 42.1 Å². The van der Waals surface area contributed by atoms with Crippen LogP contribution < -0.4 is 16.6 Å². The van der Waals surface area contributed by atoms with Crippen molar-refractivity contribution in [2.45, 2.75) is 24.0 Å². The molecule has 0 saturated carbocycles. The highest BCUT2D eigenvalue weighted by Gasteiger charge is 2.20. The maximum absolute atomic E-state index is 12.9. The Hall–Kier alpha value is -2.98. The van der Waals surface area contributed by atoms with Crippen LogP contribution in [0.25, 0.3) is 22.4 Å². The topological polar surface area (TPSA) is 108 Å². The number of aryl methyl sites for hydroxylation is 1. The third-order valence-electron chi connectivity index (χ3n) is 5.19. The van der Waals surface area contributed by atoms with E-state index < -0.39 is 11.2 Å². The molecule has 0 spiro atoms. The van der Waals surface area contributed by atoms with Crippen molar-refractivity contribution in [2.75, 3.05) is 18.9 Å². The quantitative estimate of drug-likeness (QED) is 0.450. The Bertz CT molecular complexity index is 1230. The zero-order valence-electron chi connectivity index (χ0n) is 17.3. The largest absolute Gasteiger partial charge is 0.376 e. The first kappa shape index (κ1) is 21.3. The fourth-order valence-corrected chi connectivity index (χ4v) is 4.31. The molecule has 1 aliphatic rings. The maximum Gasteiger partial charge on any atom is 0.332 e. The van der Waals surface area contributed by atoms with Gasteiger partial charge in [-0.3, -0.25) is 18.7 Å². The summed E-state index contributed by atoms with van der Waals surface area (Å²) in [6.45, 7) is 1.20. The number of carbonyl (C=O) groups excluding carboxylic acids is 1. The van der Waals surface area contributed by atoms with Crippen LogP contribution in [0.3, 0.4) is 0 Å². The number of amides is 1. The van der Waals surface area contributed by atoms with Gasteiger partial charge in [-0.15, -0.1) is 0 Å². The highest BCUT2D eigenvalue weighted by molar-refractivity contribution is 8.00. The van der Waals surface area contributed by atoms with Crippen molar-refractivity contribution >= 4 is 28.7 Å². The van der Waals surface area contributed by atoms with Crippen LogP contribution in [0.1, 0.15) is 12.8 Å². The lowest BCUT2D eigenvalue weighted by Gasteiger charge is -2.13. The lowest BCUT2D eigenvalue weighted by molar-refractivity contribution is -0.119. The molecular formula is C21H23N5O4S. The average molecular weight is 442 g/mol. The van der Waals surface area contributed by atoms with Crippen LogP contribution in [0.4, 0.5) is 0 Å². The van der Waals surface area contributed by atoms with Crippen molar-refractivity contribution < 1.29 is 9.53 Å². The van der Waals surface area contributed by atoms with Gasteiger partial charge in [-0.25, -0.2) is 14.8 Å². The smallest absolute Gasteiger partial charge is 0.332 e. The Labute approximate surface area is 182 Å². The zero-order valence-corrected chi connectivity index (χ0v) is 18.1. The number of hydrogen-bond donors (Lipinski definition) is 1. The molecule has 1 atom stereocenters. The molecule has 3 aromatic rings. The Kier molecular flexibility index (Phi) is 6.19. The highest BCUT2D eigenvalue weighted by atomic mass is 32.2. The standard InChI is InChI=1S/C21H23N5O4S/c1-25-18-16(20(28)26(2)21(25)29)19(24-17(23-18)13-7-4-3-5-8-13)31-12-15(27)22-11-14-9-6-10-30-14/h3-5,7-8,14H,6,9-12H2,1-2H3,(H,22,27). The molecule has 0 radical (unpaired) electrons. The van der Waals surface area contributed by atoms with Crippen LogP contribution in [0.5, 0.6) is 0 Å². The molecule has 9 nitrogen and oxygen atoms in total. The molecule has 10 heteroatoms. The van der Waals surface area contributed by atoms with E-state index >= 15 is 0 Å². The van der Waals surface area contributed by atoms with Gasteiger partial charge in [0.25, 0.3) is 5.56 Å². The van der Waals surface area contributed by atoms with Gasteiger partial charge in [-0.05, 0) is 12.8 Å². The minimum Gasteiger partial charge on any atom is -0.376 e. The number of hydrogen-bond acceptors (Lipinski definition) is 7. The molecular weight excluding hydrogens is 418 g/mol. The molecule has 1 fully saturated rings. The fourth-order valence-electron chi connectivity index (χ4n) is 3.47. The number of carbonyl (C=O) groups is 1. The summed E-state index contributed by atoms with van der Waals surface area (Å²) in [5.41, 5.74) is 0.0341. The number of fused-ring (bicyclic) bond motifs is 1. The molecule has 1 unspecified atom stereocenters. The van der Waals surface area contributed by atoms with Crippen LogP contribution in [-0.2, 0) is 23.6 Å². The van der Waals surface area contributed by atoms with E-state index in [0.717, 1.165) is 41.3 Å². The third-order valence-corrected chi connectivity index (χ3v) is 6.17. The number of thioether (sulfide) groups is 1. The molecule has 1 N–H and O–H groups in total. The van der Waals surface area contributed by atoms with E-state index in [-0.39, 0.29) is 28.8 Å². The van der Waals surface area contributed by atoms with Crippen molar-refractivity contribution in [1.29, 1.82) is 0 Å². The Morgan fingerprint density at radius 3 is 2.68 bits per heavy atom. The van der Waals surface area contributed by atoms with Crippen LogP contribution in [0, 0.1) is 0 Å². The van der Waals surface area contributed by atoms with Gasteiger partial charge >= 0.3 is 5.69 Å². The van der Waals surface area contributed by atoms with Crippen LogP contribution in [0.15, 0.2) is 44.9 Å². The van der Waals surface area contributed by atoms with Gasteiger partial charge in [0.2, 0.25) is 5.91 Å². The Balaban J connectivity index is 1.69. The Morgan fingerprint density at radius 2 is 1.97 bits per heavy atom. The monoisotopic (exact) mass is 441 g/mol. The average Bonchev–Trinajstić information content (AvgIpc) is 3.32. The van der Waals surface area contributed by atoms with Crippen molar-refractivity contribution in [2.24, 2.45) is 14.1 Å². The molecule has 1 aliphatic heterocycles. The number of rotatable bonds is 6. The van der Waals surface area contributed by atoms with Crippen molar-refractivity contribution in [3.8, 4) is 11.4 Å². The van der Waals surface area contributed by atoms with Crippen molar-refractivity contribution in [3.05, 3.63) is 51.2 Å². The summed E-state index contributed by atoms with van der Waals surface area (Å²) >= 11 is 1.15. The van der Waals surface area contributed by atoms with E-state index in [9.17, 15) is 14.4 Å². The van der Waals surface area contributed by atoms with E-state index in [4.69, 9.17) is 4.74 Å². The summed E-state index contributed by atoms with van der Waals surface area (Å²) in [5.74, 6) is 0.299. The van der Waals surface area contributed by atoms with Gasteiger partial charge in [0.05, 0.1) is 11.9 Å². The normalized spacial score (nSPS) is 16.0. The molecule has 1 amide bonds. The minimum absolute atomic E-state index is 0.0559. The number of ether oxygens (including phenoxy) is 1. The predicted octanol–water partition coefficient (Wildman–Crippen LogP) is 1.08. The summed E-state index contributed by atoms with van der Waals surface area (Å²) in [4.78, 5) is 46.7. The zero-order chi connectivity index (χ0) is 22.0. The molecule has 4 rings (SSSR count). The molecule has 1 aromatic carbocycles. The van der Waals surface area contributed by atoms with Gasteiger partial charge in [0, 0.05) is 32.8 Å². The van der Waals surface area contributed by atoms with E-state index in [1.165, 1.54) is 11.6 Å². The molecule has 162 valence electrons. The van der Waals surface area contributed by atoms with Crippen LogP contribution in [0.2, 0.25) is 0 Å². The molecule has 1 saturated heterocycles. The second kappa shape index (κ2) is 9.03. The van der Waals surface area contributed by atoms with E-state index in [2.05, 4.69) is 15.3 Å². The van der Waals surface area contributed by atoms with E-state index in [1.54, 1.807) is 7.05 Å². The fraction of sp³-hybridized carbons (Fsp3) is 0.381. The number of aromatic nitrogens is 4. The van der Waals surface area contributed by atoms with Crippen molar-refractivity contribution in [1.82, 2.24) is 24.4 Å². The lowest BCUT2D eigenvalue weighted by Crippen LogP contribution is -2.38. The van der Waals surface area contributed by atoms with Gasteiger partial charge < -0.3 is 10.1 Å². The Morgan fingerprint density at radius 1 is 1.19 bits per heavy atom. The summed E-state index contributed by atoms with van der Waals surface area (Å²) in [5, 5.41) is 3.46. The van der Waals surface area contributed by atoms with Gasteiger partial charge in [0.1, 0.15) is 10.4 Å². The predicted molar refractivity (Wildman–Crippen MR) is 118 cm³/mol. The molecule has 3 heterocycles. The summed E-state index contributed by atoms with van der Waals surface area (Å²) < 4.78 is 7.87. The molecule has 31 heavy (non-hydrogen) atoms. The summed E-state index contributed by atoms with van der Waals surface area (Å²) in [7, 11) is 2.98. The van der Waals surface area contributed by atoms with Crippen LogP contribution >= 0.6 is 11.8 Å². The first-order valence-electron chi connectivity index (χ1n) is 10.00.